The van der Waals surface area contributed by atoms with Crippen LogP contribution < -0.4 is 42.5 Å². The van der Waals surface area contributed by atoms with Crippen LogP contribution in [0.15, 0.2) is 97.1 Å². The van der Waals surface area contributed by atoms with Crippen molar-refractivity contribution in [3.63, 3.8) is 0 Å². The molecule has 0 unspecified atom stereocenters. The second-order valence-electron chi connectivity index (χ2n) is 18.7. The van der Waals surface area contributed by atoms with Gasteiger partial charge in [0, 0.05) is 36.3 Å². The van der Waals surface area contributed by atoms with E-state index in [1.165, 1.54) is 28.0 Å². The molecular formula is C52H70N10O8. The molecule has 0 radical (unpaired) electrons. The normalized spacial score (nSPS) is 20.2. The van der Waals surface area contributed by atoms with E-state index in [2.05, 4.69) is 49.1 Å². The largest absolute Gasteiger partial charge is 0.348 e. The first-order valence-corrected chi connectivity index (χ1v) is 23.9. The molecule has 5 rings (SSSR count). The molecule has 0 aliphatic carbocycles. The minimum atomic E-state index is -1.15. The van der Waals surface area contributed by atoms with E-state index >= 15 is 0 Å². The van der Waals surface area contributed by atoms with Crippen LogP contribution in [0.1, 0.15) is 105 Å². The molecule has 2 fully saturated rings. The molecule has 2 saturated heterocycles. The first kappa shape index (κ1) is 54.0. The topological polar surface area (TPSA) is 239 Å². The van der Waals surface area contributed by atoms with Gasteiger partial charge in [0.2, 0.25) is 35.4 Å². The van der Waals surface area contributed by atoms with Gasteiger partial charge in [-0.3, -0.25) is 38.4 Å². The highest BCUT2D eigenvalue weighted by molar-refractivity contribution is 6.01. The second kappa shape index (κ2) is 24.6. The Kier molecular flexibility index (Phi) is 19.0. The number of likely N-dealkylation sites (tertiary alicyclic amines) is 2. The average Bonchev–Trinajstić information content (AvgIpc) is 3.98. The molecule has 2 aliphatic heterocycles. The molecule has 8 amide bonds. The van der Waals surface area contributed by atoms with Crippen molar-refractivity contribution in [2.75, 3.05) is 27.2 Å². The number of hydrogen-bond donors (Lipinski definition) is 8. The number of rotatable bonds is 20. The lowest BCUT2D eigenvalue weighted by atomic mass is 10.0. The summed E-state index contributed by atoms with van der Waals surface area (Å²) >= 11 is 0. The Morgan fingerprint density at radius 3 is 1.37 bits per heavy atom. The zero-order valence-electron chi connectivity index (χ0n) is 41.6. The van der Waals surface area contributed by atoms with Crippen molar-refractivity contribution in [1.82, 2.24) is 52.3 Å². The summed E-state index contributed by atoms with van der Waals surface area (Å²) in [6, 6.07) is 17.3. The summed E-state index contributed by atoms with van der Waals surface area (Å²) in [5.74, 6) is -4.14. The fourth-order valence-electron chi connectivity index (χ4n) is 8.54. The molecule has 0 aromatic heterocycles. The van der Waals surface area contributed by atoms with E-state index in [4.69, 9.17) is 0 Å². The lowest BCUT2D eigenvalue weighted by molar-refractivity contribution is -0.142. The van der Waals surface area contributed by atoms with E-state index in [0.29, 0.717) is 5.57 Å². The molecule has 0 saturated carbocycles. The maximum atomic E-state index is 14.3. The average molecular weight is 963 g/mol. The highest BCUT2D eigenvalue weighted by Crippen LogP contribution is 2.26. The number of nitrogens with zero attached hydrogens (tertiary/aromatic N) is 2. The number of hydrogen-bond acceptors (Lipinski definition) is 10. The molecule has 3 aromatic rings. The van der Waals surface area contributed by atoms with E-state index < -0.39 is 102 Å². The van der Waals surface area contributed by atoms with E-state index in [0.717, 1.165) is 11.1 Å². The van der Waals surface area contributed by atoms with Crippen molar-refractivity contribution in [3.05, 3.63) is 119 Å². The molecule has 3 aromatic carbocycles. The summed E-state index contributed by atoms with van der Waals surface area (Å²) in [5, 5.41) is 23.2. The van der Waals surface area contributed by atoms with Crippen LogP contribution in [0.5, 0.6) is 0 Å². The third-order valence-electron chi connectivity index (χ3n) is 13.1. The Balaban J connectivity index is 1.33. The van der Waals surface area contributed by atoms with Gasteiger partial charge in [0.15, 0.2) is 0 Å². The smallest absolute Gasteiger partial charge is 0.251 e. The van der Waals surface area contributed by atoms with Crippen LogP contribution in [0.2, 0.25) is 0 Å². The first-order chi connectivity index (χ1) is 33.2. The Bertz CT molecular complexity index is 2380. The third-order valence-corrected chi connectivity index (χ3v) is 13.1. The Morgan fingerprint density at radius 2 is 0.971 bits per heavy atom. The summed E-state index contributed by atoms with van der Waals surface area (Å²) in [5.41, 5.74) is 2.34. The van der Waals surface area contributed by atoms with Gasteiger partial charge in [0.25, 0.3) is 11.8 Å². The molecule has 8 N–H and O–H groups in total. The van der Waals surface area contributed by atoms with Crippen molar-refractivity contribution in [1.29, 1.82) is 0 Å². The van der Waals surface area contributed by atoms with Crippen LogP contribution >= 0.6 is 0 Å². The molecule has 10 atom stereocenters. The van der Waals surface area contributed by atoms with Crippen molar-refractivity contribution in [2.45, 2.75) is 122 Å². The molecule has 0 bridgehead atoms. The molecule has 2 heterocycles. The predicted octanol–water partition coefficient (Wildman–Crippen LogP) is 2.26. The van der Waals surface area contributed by atoms with Gasteiger partial charge in [-0.1, -0.05) is 87.2 Å². The van der Waals surface area contributed by atoms with E-state index in [1.54, 1.807) is 54.8 Å². The standard InChI is InChI=1S/C52H70N10O8/c1-29(2)43(59-45(63)33(7)53-9)51(69)61-27-39(25-41(61)49(67)55-31(5)35-18-13-11-14-19-35)57-47(65)37-22-17-23-38(24-37)48(66)58-40-26-42(50(68)56-32(6)36-20-15-12-16-21-36)62(28-40)52(70)44(30(3)4)60-46(64)34(8)54-10/h11-24,30-34,39-44,53-54H,1,25-28H2,2-10H3,(H,55,67)(H,56,68)(H,57,65)(H,58,66)(H,59,63)(H,60,64)/t31-,32-,33+,34+,39+,40+,41+,42+,43+,44+/m1/s1. The van der Waals surface area contributed by atoms with Crippen molar-refractivity contribution >= 4 is 47.3 Å². The third kappa shape index (κ3) is 13.7. The van der Waals surface area contributed by atoms with Crippen molar-refractivity contribution in [2.24, 2.45) is 5.92 Å². The number of nitrogens with one attached hydrogen (secondary N) is 8. The number of carbonyl (C=O) groups is 8. The lowest BCUT2D eigenvalue weighted by Gasteiger charge is -2.31. The van der Waals surface area contributed by atoms with E-state index in [9.17, 15) is 38.4 Å². The number of likely N-dealkylation sites (N-methyl/N-ethyl adjacent to an activating group) is 2. The molecule has 18 heteroatoms. The molecule has 376 valence electrons. The van der Waals surface area contributed by atoms with Gasteiger partial charge in [0.1, 0.15) is 24.2 Å². The van der Waals surface area contributed by atoms with Gasteiger partial charge in [-0.2, -0.15) is 0 Å². The summed E-state index contributed by atoms with van der Waals surface area (Å²) in [7, 11) is 3.25. The zero-order valence-corrected chi connectivity index (χ0v) is 41.6. The van der Waals surface area contributed by atoms with Gasteiger partial charge in [-0.15, -0.1) is 0 Å². The van der Waals surface area contributed by atoms with Crippen LogP contribution in [-0.2, 0) is 28.8 Å². The number of amides is 8. The van der Waals surface area contributed by atoms with E-state index in [1.807, 2.05) is 74.5 Å². The van der Waals surface area contributed by atoms with Gasteiger partial charge in [-0.25, -0.2) is 0 Å². The first-order valence-electron chi connectivity index (χ1n) is 23.9. The summed E-state index contributed by atoms with van der Waals surface area (Å²) < 4.78 is 0. The van der Waals surface area contributed by atoms with Gasteiger partial charge in [0.05, 0.1) is 24.2 Å². The van der Waals surface area contributed by atoms with Crippen LogP contribution in [0.25, 0.3) is 0 Å². The lowest BCUT2D eigenvalue weighted by Crippen LogP contribution is -2.57. The quantitative estimate of drug-likeness (QED) is 0.0769. The molecule has 0 spiro atoms. The Labute approximate surface area is 410 Å². The molecule has 2 aliphatic rings. The van der Waals surface area contributed by atoms with E-state index in [-0.39, 0.29) is 48.9 Å². The SMILES string of the molecule is C=C(C)[C@H](NC(=O)[C@H](C)NC)C(=O)N1C[C@@H](NC(=O)c2cccc(C(=O)N[C@H]3C[C@@H](C(=O)N[C@H](C)c4ccccc4)N(C(=O)[C@@H](NC(=O)[C@H](C)NC)C(C)C)C3)c2)C[C@H]1C(=O)N[C@H](C)c1ccccc1. The van der Waals surface area contributed by atoms with Crippen LogP contribution in [0.4, 0.5) is 0 Å². The second-order valence-corrected chi connectivity index (χ2v) is 18.7. The Hall–Kier alpha value is -6.92. The maximum Gasteiger partial charge on any atom is 0.251 e. The monoisotopic (exact) mass is 963 g/mol. The predicted molar refractivity (Wildman–Crippen MR) is 266 cm³/mol. The van der Waals surface area contributed by atoms with Gasteiger partial charge >= 0.3 is 0 Å². The summed E-state index contributed by atoms with van der Waals surface area (Å²) in [6.45, 7) is 16.1. The van der Waals surface area contributed by atoms with Crippen LogP contribution in [0.3, 0.4) is 0 Å². The van der Waals surface area contributed by atoms with Gasteiger partial charge < -0.3 is 52.3 Å². The number of carbonyl (C=O) groups excluding carboxylic acids is 8. The van der Waals surface area contributed by atoms with Crippen LogP contribution in [-0.4, -0.2) is 133 Å². The maximum absolute atomic E-state index is 14.3. The fraction of sp³-hybridized carbons (Fsp3) is 0.462. The highest BCUT2D eigenvalue weighted by atomic mass is 16.2. The van der Waals surface area contributed by atoms with Gasteiger partial charge in [-0.05, 0) is 102 Å². The number of benzene rings is 3. The Morgan fingerprint density at radius 1 is 0.557 bits per heavy atom. The van der Waals surface area contributed by atoms with Crippen molar-refractivity contribution < 1.29 is 38.4 Å². The molecule has 70 heavy (non-hydrogen) atoms. The summed E-state index contributed by atoms with van der Waals surface area (Å²) in [4.78, 5) is 113. The summed E-state index contributed by atoms with van der Waals surface area (Å²) in [6.07, 6.45) is 0.136. The fourth-order valence-corrected chi connectivity index (χ4v) is 8.54. The minimum Gasteiger partial charge on any atom is -0.348 e. The zero-order chi connectivity index (χ0) is 51.4. The molecular weight excluding hydrogens is 893 g/mol. The molecule has 18 nitrogen and oxygen atoms in total. The van der Waals surface area contributed by atoms with Crippen LogP contribution in [0, 0.1) is 5.92 Å². The van der Waals surface area contributed by atoms with Crippen molar-refractivity contribution in [3.8, 4) is 0 Å². The highest BCUT2D eigenvalue weighted by Gasteiger charge is 2.45. The minimum absolute atomic E-state index is 0.0244.